The van der Waals surface area contributed by atoms with Crippen LogP contribution in [-0.2, 0) is 4.79 Å². The maximum absolute atomic E-state index is 12.0. The van der Waals surface area contributed by atoms with Gasteiger partial charge >= 0.3 is 0 Å². The van der Waals surface area contributed by atoms with E-state index in [0.29, 0.717) is 11.9 Å². The van der Waals surface area contributed by atoms with Crippen molar-refractivity contribution < 1.29 is 4.79 Å². The molecule has 0 aromatic carbocycles. The second kappa shape index (κ2) is 7.22. The van der Waals surface area contributed by atoms with Crippen LogP contribution in [0.15, 0.2) is 0 Å². The molecule has 0 spiro atoms. The molecule has 1 saturated heterocycles. The Morgan fingerprint density at radius 2 is 1.88 bits per heavy atom. The van der Waals surface area contributed by atoms with E-state index in [2.05, 4.69) is 5.32 Å². The van der Waals surface area contributed by atoms with Crippen LogP contribution >= 0.6 is 12.4 Å². The topological polar surface area (TPSA) is 32.3 Å². The Labute approximate surface area is 111 Å². The van der Waals surface area contributed by atoms with E-state index >= 15 is 0 Å². The average molecular weight is 261 g/mol. The van der Waals surface area contributed by atoms with Crippen molar-refractivity contribution in [1.29, 1.82) is 0 Å². The third-order valence-corrected chi connectivity index (χ3v) is 4.24. The van der Waals surface area contributed by atoms with E-state index in [-0.39, 0.29) is 12.4 Å². The van der Waals surface area contributed by atoms with Crippen LogP contribution in [0.25, 0.3) is 0 Å². The normalized spacial score (nSPS) is 21.5. The van der Waals surface area contributed by atoms with Gasteiger partial charge in [-0.25, -0.2) is 0 Å². The lowest BCUT2D eigenvalue weighted by Gasteiger charge is -2.32. The molecule has 0 aromatic heterocycles. The summed E-state index contributed by atoms with van der Waals surface area (Å²) < 4.78 is 0. The summed E-state index contributed by atoms with van der Waals surface area (Å²) in [6.07, 6.45) is 8.20. The van der Waals surface area contributed by atoms with Crippen LogP contribution in [0.5, 0.6) is 0 Å². The summed E-state index contributed by atoms with van der Waals surface area (Å²) in [6.45, 7) is 2.12. The highest BCUT2D eigenvalue weighted by molar-refractivity contribution is 5.85. The second-order valence-electron chi connectivity index (χ2n) is 5.32. The molecule has 100 valence electrons. The third kappa shape index (κ3) is 4.14. The molecule has 2 rings (SSSR count). The first kappa shape index (κ1) is 14.8. The quantitative estimate of drug-likeness (QED) is 0.841. The van der Waals surface area contributed by atoms with Gasteiger partial charge in [-0.3, -0.25) is 4.79 Å². The molecule has 1 amide bonds. The van der Waals surface area contributed by atoms with Crippen LogP contribution in [0.1, 0.15) is 44.9 Å². The van der Waals surface area contributed by atoms with Gasteiger partial charge in [-0.1, -0.05) is 19.3 Å². The molecule has 4 heteroatoms. The van der Waals surface area contributed by atoms with Gasteiger partial charge < -0.3 is 10.2 Å². The predicted molar refractivity (Wildman–Crippen MR) is 72.5 cm³/mol. The SMILES string of the molecule is CN(C(=O)CCC1CCC1)C1CCNCC1.Cl. The molecule has 0 aromatic rings. The van der Waals surface area contributed by atoms with Gasteiger partial charge in [0.25, 0.3) is 0 Å². The van der Waals surface area contributed by atoms with Gasteiger partial charge in [-0.15, -0.1) is 12.4 Å². The first-order valence-electron chi connectivity index (χ1n) is 6.74. The van der Waals surface area contributed by atoms with E-state index in [1.54, 1.807) is 0 Å². The zero-order valence-electron chi connectivity index (χ0n) is 10.8. The number of carbonyl (C=O) groups is 1. The summed E-state index contributed by atoms with van der Waals surface area (Å²) in [5, 5.41) is 3.34. The maximum atomic E-state index is 12.0. The second-order valence-corrected chi connectivity index (χ2v) is 5.32. The van der Waals surface area contributed by atoms with E-state index in [1.807, 2.05) is 11.9 Å². The highest BCUT2D eigenvalue weighted by Crippen LogP contribution is 2.30. The van der Waals surface area contributed by atoms with Crippen LogP contribution < -0.4 is 5.32 Å². The van der Waals surface area contributed by atoms with E-state index in [1.165, 1.54) is 19.3 Å². The Bertz CT molecular complexity index is 238. The number of nitrogens with one attached hydrogen (secondary N) is 1. The molecular weight excluding hydrogens is 236 g/mol. The zero-order chi connectivity index (χ0) is 11.4. The van der Waals surface area contributed by atoms with Crippen LogP contribution in [0, 0.1) is 5.92 Å². The molecule has 17 heavy (non-hydrogen) atoms. The molecule has 0 bridgehead atoms. The lowest BCUT2D eigenvalue weighted by Crippen LogP contribution is -2.44. The van der Waals surface area contributed by atoms with Crippen molar-refractivity contribution in [1.82, 2.24) is 10.2 Å². The molecule has 3 nitrogen and oxygen atoms in total. The zero-order valence-corrected chi connectivity index (χ0v) is 11.6. The highest BCUT2D eigenvalue weighted by atomic mass is 35.5. The summed E-state index contributed by atoms with van der Waals surface area (Å²) in [5.41, 5.74) is 0. The van der Waals surface area contributed by atoms with Gasteiger partial charge in [0.1, 0.15) is 0 Å². The standard InChI is InChI=1S/C13H24N2O.ClH/c1-15(12-7-9-14-10-8-12)13(16)6-5-11-3-2-4-11;/h11-12,14H,2-10H2,1H3;1H. The van der Waals surface area contributed by atoms with Crippen LogP contribution in [-0.4, -0.2) is 37.0 Å². The molecule has 1 aliphatic carbocycles. The minimum Gasteiger partial charge on any atom is -0.343 e. The summed E-state index contributed by atoms with van der Waals surface area (Å²) in [7, 11) is 1.99. The fraction of sp³-hybridized carbons (Fsp3) is 0.923. The third-order valence-electron chi connectivity index (χ3n) is 4.24. The van der Waals surface area contributed by atoms with Gasteiger partial charge in [0.05, 0.1) is 0 Å². The molecule has 0 atom stereocenters. The molecule has 2 fully saturated rings. The lowest BCUT2D eigenvalue weighted by atomic mass is 9.82. The van der Waals surface area contributed by atoms with Crippen molar-refractivity contribution in [2.45, 2.75) is 51.0 Å². The molecule has 1 aliphatic heterocycles. The Balaban J connectivity index is 0.00000144. The summed E-state index contributed by atoms with van der Waals surface area (Å²) in [6, 6.07) is 0.482. The predicted octanol–water partition coefficient (Wildman–Crippen LogP) is 2.20. The fourth-order valence-corrected chi connectivity index (χ4v) is 2.68. The van der Waals surface area contributed by atoms with E-state index in [4.69, 9.17) is 0 Å². The first-order valence-corrected chi connectivity index (χ1v) is 6.74. The van der Waals surface area contributed by atoms with Gasteiger partial charge in [0.15, 0.2) is 0 Å². The number of amides is 1. The largest absolute Gasteiger partial charge is 0.343 e. The molecule has 1 N–H and O–H groups in total. The molecule has 1 heterocycles. The lowest BCUT2D eigenvalue weighted by molar-refractivity contribution is -0.132. The molecular formula is C13H25ClN2O. The highest BCUT2D eigenvalue weighted by Gasteiger charge is 2.23. The van der Waals surface area contributed by atoms with Gasteiger partial charge in [-0.2, -0.15) is 0 Å². The Kier molecular flexibility index (Phi) is 6.28. The molecule has 2 aliphatic rings. The number of hydrogen-bond donors (Lipinski definition) is 1. The van der Waals surface area contributed by atoms with Crippen LogP contribution in [0.2, 0.25) is 0 Å². The van der Waals surface area contributed by atoms with E-state index in [9.17, 15) is 4.79 Å². The van der Waals surface area contributed by atoms with Crippen LogP contribution in [0.4, 0.5) is 0 Å². The maximum Gasteiger partial charge on any atom is 0.222 e. The summed E-state index contributed by atoms with van der Waals surface area (Å²) >= 11 is 0. The van der Waals surface area contributed by atoms with Crippen molar-refractivity contribution >= 4 is 18.3 Å². The number of nitrogens with zero attached hydrogens (tertiary/aromatic N) is 1. The number of halogens is 1. The minimum atomic E-state index is 0. The summed E-state index contributed by atoms with van der Waals surface area (Å²) in [4.78, 5) is 14.0. The fourth-order valence-electron chi connectivity index (χ4n) is 2.68. The first-order chi connectivity index (χ1) is 7.77. The Hall–Kier alpha value is -0.280. The van der Waals surface area contributed by atoms with Crippen molar-refractivity contribution in [2.75, 3.05) is 20.1 Å². The van der Waals surface area contributed by atoms with Crippen molar-refractivity contribution in [3.8, 4) is 0 Å². The summed E-state index contributed by atoms with van der Waals surface area (Å²) in [5.74, 6) is 1.21. The minimum absolute atomic E-state index is 0. The van der Waals surface area contributed by atoms with Crippen LogP contribution in [0.3, 0.4) is 0 Å². The molecule has 0 radical (unpaired) electrons. The van der Waals surface area contributed by atoms with E-state index < -0.39 is 0 Å². The Morgan fingerprint density at radius 3 is 2.41 bits per heavy atom. The van der Waals surface area contributed by atoms with E-state index in [0.717, 1.165) is 44.7 Å². The number of rotatable bonds is 4. The molecule has 1 saturated carbocycles. The van der Waals surface area contributed by atoms with Crippen molar-refractivity contribution in [3.63, 3.8) is 0 Å². The number of piperidine rings is 1. The Morgan fingerprint density at radius 1 is 1.24 bits per heavy atom. The van der Waals surface area contributed by atoms with Gasteiger partial charge in [0, 0.05) is 19.5 Å². The van der Waals surface area contributed by atoms with Crippen molar-refractivity contribution in [3.05, 3.63) is 0 Å². The van der Waals surface area contributed by atoms with Gasteiger partial charge in [0.2, 0.25) is 5.91 Å². The monoisotopic (exact) mass is 260 g/mol. The number of carbonyl (C=O) groups excluding carboxylic acids is 1. The van der Waals surface area contributed by atoms with Gasteiger partial charge in [-0.05, 0) is 38.3 Å². The average Bonchev–Trinajstić information content (AvgIpc) is 2.27. The van der Waals surface area contributed by atoms with Crippen molar-refractivity contribution in [2.24, 2.45) is 5.92 Å². The molecule has 0 unspecified atom stereocenters. The smallest absolute Gasteiger partial charge is 0.222 e. The number of hydrogen-bond acceptors (Lipinski definition) is 2.